The van der Waals surface area contributed by atoms with Gasteiger partial charge in [0.1, 0.15) is 5.82 Å². The van der Waals surface area contributed by atoms with Crippen LogP contribution in [0.4, 0.5) is 5.82 Å². The number of rotatable bonds is 8. The summed E-state index contributed by atoms with van der Waals surface area (Å²) in [5.41, 5.74) is 1.30. The van der Waals surface area contributed by atoms with Crippen LogP contribution in [-0.4, -0.2) is 49.7 Å². The average molecular weight is 276 g/mol. The van der Waals surface area contributed by atoms with Crippen molar-refractivity contribution in [1.82, 2.24) is 15.2 Å². The molecule has 0 bridgehead atoms. The molecule has 0 aromatic carbocycles. The number of aromatic nitrogens is 1. The van der Waals surface area contributed by atoms with Gasteiger partial charge in [-0.2, -0.15) is 0 Å². The highest BCUT2D eigenvalue weighted by Crippen LogP contribution is 2.16. The molecule has 0 spiro atoms. The molecule has 1 aromatic rings. The molecule has 1 fully saturated rings. The first-order valence-electron chi connectivity index (χ1n) is 7.89. The van der Waals surface area contributed by atoms with E-state index in [-0.39, 0.29) is 0 Å². The lowest BCUT2D eigenvalue weighted by Crippen LogP contribution is -2.32. The molecule has 1 saturated heterocycles. The molecule has 4 nitrogen and oxygen atoms in total. The number of likely N-dealkylation sites (tertiary alicyclic amines) is 1. The summed E-state index contributed by atoms with van der Waals surface area (Å²) in [5.74, 6) is 1.12. The van der Waals surface area contributed by atoms with Crippen molar-refractivity contribution in [2.75, 3.05) is 44.7 Å². The molecule has 1 aliphatic rings. The van der Waals surface area contributed by atoms with Crippen molar-refractivity contribution < 1.29 is 0 Å². The summed E-state index contributed by atoms with van der Waals surface area (Å²) in [6.07, 6.45) is 5.78. The lowest BCUT2D eigenvalue weighted by Gasteiger charge is -2.24. The molecule has 20 heavy (non-hydrogen) atoms. The van der Waals surface area contributed by atoms with Crippen molar-refractivity contribution >= 4 is 5.82 Å². The predicted octanol–water partition coefficient (Wildman–Crippen LogP) is 2.11. The number of hydrogen-bond donors (Lipinski definition) is 1. The van der Waals surface area contributed by atoms with Crippen LogP contribution < -0.4 is 10.2 Å². The molecule has 1 N–H and O–H groups in total. The summed E-state index contributed by atoms with van der Waals surface area (Å²) >= 11 is 0. The standard InChI is InChI=1S/C16H28N4/c1-3-8-17-14-15-7-6-9-18-16(15)19(2)12-13-20-10-4-5-11-20/h6-7,9,17H,3-5,8,10-14H2,1-2H3. The zero-order chi connectivity index (χ0) is 14.2. The van der Waals surface area contributed by atoms with E-state index in [0.29, 0.717) is 0 Å². The number of pyridine rings is 1. The summed E-state index contributed by atoms with van der Waals surface area (Å²) in [7, 11) is 2.15. The normalized spacial score (nSPS) is 15.7. The third-order valence-corrected chi connectivity index (χ3v) is 3.92. The van der Waals surface area contributed by atoms with E-state index in [1.54, 1.807) is 0 Å². The maximum atomic E-state index is 4.57. The van der Waals surface area contributed by atoms with Gasteiger partial charge in [-0.25, -0.2) is 4.98 Å². The molecule has 2 rings (SSSR count). The highest BCUT2D eigenvalue weighted by Gasteiger charge is 2.13. The molecular weight excluding hydrogens is 248 g/mol. The van der Waals surface area contributed by atoms with E-state index < -0.39 is 0 Å². The molecule has 112 valence electrons. The van der Waals surface area contributed by atoms with Gasteiger partial charge in [-0.1, -0.05) is 13.0 Å². The van der Waals surface area contributed by atoms with E-state index in [1.165, 1.54) is 37.9 Å². The van der Waals surface area contributed by atoms with Crippen molar-refractivity contribution in [3.05, 3.63) is 23.9 Å². The Bertz CT molecular complexity index is 388. The molecule has 0 unspecified atom stereocenters. The van der Waals surface area contributed by atoms with Gasteiger partial charge in [0, 0.05) is 38.4 Å². The first-order chi connectivity index (χ1) is 9.81. The highest BCUT2D eigenvalue weighted by atomic mass is 15.2. The quantitative estimate of drug-likeness (QED) is 0.737. The number of likely N-dealkylation sites (N-methyl/N-ethyl adjacent to an activating group) is 1. The summed E-state index contributed by atoms with van der Waals surface area (Å²) in [4.78, 5) is 9.41. The van der Waals surface area contributed by atoms with Gasteiger partial charge in [-0.05, 0) is 45.0 Å². The van der Waals surface area contributed by atoms with Crippen LogP contribution in [0.3, 0.4) is 0 Å². The van der Waals surface area contributed by atoms with Crippen LogP contribution in [-0.2, 0) is 6.54 Å². The Labute approximate surface area is 123 Å². The molecule has 0 aliphatic carbocycles. The highest BCUT2D eigenvalue weighted by molar-refractivity contribution is 5.45. The fraction of sp³-hybridized carbons (Fsp3) is 0.688. The fourth-order valence-electron chi connectivity index (χ4n) is 2.72. The van der Waals surface area contributed by atoms with Crippen LogP contribution in [0.2, 0.25) is 0 Å². The molecule has 4 heteroatoms. The van der Waals surface area contributed by atoms with Crippen LogP contribution in [0.5, 0.6) is 0 Å². The summed E-state index contributed by atoms with van der Waals surface area (Å²) in [6.45, 7) is 8.89. The van der Waals surface area contributed by atoms with E-state index in [4.69, 9.17) is 0 Å². The second-order valence-electron chi connectivity index (χ2n) is 5.63. The van der Waals surface area contributed by atoms with Gasteiger partial charge in [0.2, 0.25) is 0 Å². The molecule has 0 saturated carbocycles. The molecule has 0 atom stereocenters. The van der Waals surface area contributed by atoms with Gasteiger partial charge in [-0.3, -0.25) is 0 Å². The Morgan fingerprint density at radius 1 is 1.35 bits per heavy atom. The third-order valence-electron chi connectivity index (χ3n) is 3.92. The Morgan fingerprint density at radius 3 is 2.90 bits per heavy atom. The summed E-state index contributed by atoms with van der Waals surface area (Å²) in [5, 5.41) is 3.47. The maximum Gasteiger partial charge on any atom is 0.132 e. The number of nitrogens with zero attached hydrogens (tertiary/aromatic N) is 3. The number of anilines is 1. The largest absolute Gasteiger partial charge is 0.358 e. The van der Waals surface area contributed by atoms with Crippen molar-refractivity contribution in [1.29, 1.82) is 0 Å². The second-order valence-corrected chi connectivity index (χ2v) is 5.63. The smallest absolute Gasteiger partial charge is 0.132 e. The minimum Gasteiger partial charge on any atom is -0.358 e. The van der Waals surface area contributed by atoms with E-state index in [2.05, 4.69) is 40.1 Å². The Hall–Kier alpha value is -1.13. The van der Waals surface area contributed by atoms with Crippen LogP contribution in [0.15, 0.2) is 18.3 Å². The maximum absolute atomic E-state index is 4.57. The first kappa shape index (κ1) is 15.3. The monoisotopic (exact) mass is 276 g/mol. The van der Waals surface area contributed by atoms with Crippen molar-refractivity contribution in [3.8, 4) is 0 Å². The second kappa shape index (κ2) is 8.22. The van der Waals surface area contributed by atoms with Gasteiger partial charge in [0.15, 0.2) is 0 Å². The minimum absolute atomic E-state index is 0.908. The lowest BCUT2D eigenvalue weighted by molar-refractivity contribution is 0.346. The number of hydrogen-bond acceptors (Lipinski definition) is 4. The zero-order valence-corrected chi connectivity index (χ0v) is 12.9. The molecule has 0 amide bonds. The van der Waals surface area contributed by atoms with Crippen molar-refractivity contribution in [2.45, 2.75) is 32.7 Å². The third kappa shape index (κ3) is 4.46. The predicted molar refractivity (Wildman–Crippen MR) is 85.2 cm³/mol. The van der Waals surface area contributed by atoms with E-state index in [0.717, 1.165) is 32.0 Å². The minimum atomic E-state index is 0.908. The first-order valence-corrected chi connectivity index (χ1v) is 7.89. The number of nitrogens with one attached hydrogen (secondary N) is 1. The van der Waals surface area contributed by atoms with Crippen LogP contribution >= 0.6 is 0 Å². The molecule has 0 radical (unpaired) electrons. The van der Waals surface area contributed by atoms with E-state index in [9.17, 15) is 0 Å². The Morgan fingerprint density at radius 2 is 2.15 bits per heavy atom. The van der Waals surface area contributed by atoms with E-state index >= 15 is 0 Å². The average Bonchev–Trinajstić information content (AvgIpc) is 2.99. The van der Waals surface area contributed by atoms with Crippen molar-refractivity contribution in [2.24, 2.45) is 0 Å². The van der Waals surface area contributed by atoms with Crippen LogP contribution in [0, 0.1) is 0 Å². The Balaban J connectivity index is 1.88. The Kier molecular flexibility index (Phi) is 6.27. The van der Waals surface area contributed by atoms with Crippen LogP contribution in [0.25, 0.3) is 0 Å². The van der Waals surface area contributed by atoms with Gasteiger partial charge in [0.25, 0.3) is 0 Å². The van der Waals surface area contributed by atoms with Crippen molar-refractivity contribution in [3.63, 3.8) is 0 Å². The fourth-order valence-corrected chi connectivity index (χ4v) is 2.72. The SMILES string of the molecule is CCCNCc1cccnc1N(C)CCN1CCCC1. The van der Waals surface area contributed by atoms with Gasteiger partial charge < -0.3 is 15.1 Å². The molecule has 1 aliphatic heterocycles. The van der Waals surface area contributed by atoms with Gasteiger partial charge in [0.05, 0.1) is 0 Å². The zero-order valence-electron chi connectivity index (χ0n) is 12.9. The molecular formula is C16H28N4. The van der Waals surface area contributed by atoms with E-state index in [1.807, 2.05) is 12.3 Å². The summed E-state index contributed by atoms with van der Waals surface area (Å²) < 4.78 is 0. The molecule has 1 aromatic heterocycles. The topological polar surface area (TPSA) is 31.4 Å². The van der Waals surface area contributed by atoms with Gasteiger partial charge in [-0.15, -0.1) is 0 Å². The molecule has 2 heterocycles. The van der Waals surface area contributed by atoms with Gasteiger partial charge >= 0.3 is 0 Å². The van der Waals surface area contributed by atoms with Crippen LogP contribution in [0.1, 0.15) is 31.7 Å². The lowest BCUT2D eigenvalue weighted by atomic mass is 10.2. The summed E-state index contributed by atoms with van der Waals surface area (Å²) in [6, 6.07) is 4.21.